The van der Waals surface area contributed by atoms with Crippen LogP contribution in [0.1, 0.15) is 348 Å². The summed E-state index contributed by atoms with van der Waals surface area (Å²) in [5, 5.41) is 11.8. The molecule has 0 bridgehead atoms. The molecule has 9 heteroatoms. The molecule has 0 aliphatic carbocycles. The van der Waals surface area contributed by atoms with Crippen molar-refractivity contribution < 1.29 is 42.9 Å². The van der Waals surface area contributed by atoms with Gasteiger partial charge in [0, 0.05) is 12.8 Å². The molecule has 0 aliphatic heterocycles. The highest BCUT2D eigenvalue weighted by molar-refractivity contribution is 5.70. The van der Waals surface area contributed by atoms with Crippen LogP contribution in [0.4, 0.5) is 0 Å². The Balaban J connectivity index is 4.04. The van der Waals surface area contributed by atoms with Crippen molar-refractivity contribution in [2.24, 2.45) is 0 Å². The minimum atomic E-state index is -1.61. The number of hydrogen-bond acceptors (Lipinski definition) is 8. The van der Waals surface area contributed by atoms with E-state index < -0.39 is 24.3 Å². The summed E-state index contributed by atoms with van der Waals surface area (Å²) in [6.07, 6.45) is 64.7. The standard InChI is InChI=1S/C66H129NO8/c1-6-8-10-12-14-16-18-20-22-24-26-27-28-29-30-31-32-33-34-35-36-37-39-41-43-45-47-49-51-53-55-57-64(69)75-62(61-74-66(65(70)71)72-59-58-67(3,4)5)60-73-63(68)56-54-52-50-48-46-44-42-40-38-25-23-21-19-17-15-13-11-9-7-2/h62,66H,6-61H2,1-5H3. The zero-order valence-electron chi connectivity index (χ0n) is 51.0. The number of quaternary nitrogens is 1. The third-order valence-electron chi connectivity index (χ3n) is 15.4. The monoisotopic (exact) mass is 1060 g/mol. The third-order valence-corrected chi connectivity index (χ3v) is 15.4. The maximum Gasteiger partial charge on any atom is 0.306 e. The zero-order chi connectivity index (χ0) is 54.8. The van der Waals surface area contributed by atoms with Gasteiger partial charge in [0.1, 0.15) is 13.2 Å². The Bertz CT molecular complexity index is 1190. The second-order valence-electron chi connectivity index (χ2n) is 24.1. The van der Waals surface area contributed by atoms with Crippen LogP contribution >= 0.6 is 0 Å². The molecule has 0 heterocycles. The van der Waals surface area contributed by atoms with Gasteiger partial charge in [0.2, 0.25) is 0 Å². The van der Waals surface area contributed by atoms with Gasteiger partial charge in [0.15, 0.2) is 12.4 Å². The van der Waals surface area contributed by atoms with E-state index in [1.807, 2.05) is 21.1 Å². The smallest absolute Gasteiger partial charge is 0.306 e. The van der Waals surface area contributed by atoms with Gasteiger partial charge in [-0.05, 0) is 12.8 Å². The molecule has 0 aliphatic rings. The van der Waals surface area contributed by atoms with Gasteiger partial charge in [-0.2, -0.15) is 0 Å². The van der Waals surface area contributed by atoms with Crippen molar-refractivity contribution in [3.05, 3.63) is 0 Å². The summed E-state index contributed by atoms with van der Waals surface area (Å²) in [6, 6.07) is 0. The number of esters is 2. The van der Waals surface area contributed by atoms with E-state index in [0.717, 1.165) is 38.5 Å². The summed E-state index contributed by atoms with van der Waals surface area (Å²) >= 11 is 0. The van der Waals surface area contributed by atoms with Crippen LogP contribution in [0.5, 0.6) is 0 Å². The largest absolute Gasteiger partial charge is 0.545 e. The number of carboxylic acids is 1. The fourth-order valence-electron chi connectivity index (χ4n) is 10.2. The molecular formula is C66H129NO8. The molecule has 2 atom stereocenters. The molecule has 0 saturated carbocycles. The number of carboxylic acid groups (broad SMARTS) is 1. The van der Waals surface area contributed by atoms with Gasteiger partial charge in [-0.15, -0.1) is 0 Å². The van der Waals surface area contributed by atoms with Crippen molar-refractivity contribution in [3.63, 3.8) is 0 Å². The summed E-state index contributed by atoms with van der Waals surface area (Å²) in [4.78, 5) is 37.4. The number of carbonyl (C=O) groups excluding carboxylic acids is 3. The van der Waals surface area contributed by atoms with E-state index in [2.05, 4.69) is 13.8 Å². The Labute approximate surface area is 466 Å². The molecule has 0 radical (unpaired) electrons. The highest BCUT2D eigenvalue weighted by Crippen LogP contribution is 2.19. The lowest BCUT2D eigenvalue weighted by Crippen LogP contribution is -2.44. The zero-order valence-corrected chi connectivity index (χ0v) is 51.0. The molecule has 0 spiro atoms. The summed E-state index contributed by atoms with van der Waals surface area (Å²) in [7, 11) is 5.94. The Kier molecular flexibility index (Phi) is 57.1. The predicted octanol–water partition coefficient (Wildman–Crippen LogP) is 18.6. The van der Waals surface area contributed by atoms with E-state index in [4.69, 9.17) is 18.9 Å². The number of carbonyl (C=O) groups is 3. The van der Waals surface area contributed by atoms with E-state index in [1.54, 1.807) is 0 Å². The van der Waals surface area contributed by atoms with Crippen LogP contribution in [0.15, 0.2) is 0 Å². The molecule has 446 valence electrons. The number of rotatable bonds is 63. The van der Waals surface area contributed by atoms with Crippen molar-refractivity contribution in [1.29, 1.82) is 0 Å². The van der Waals surface area contributed by atoms with Gasteiger partial charge in [-0.25, -0.2) is 0 Å². The number of nitrogens with zero attached hydrogens (tertiary/aromatic N) is 1. The molecule has 0 saturated heterocycles. The molecule has 0 fully saturated rings. The fourth-order valence-corrected chi connectivity index (χ4v) is 10.2. The van der Waals surface area contributed by atoms with Gasteiger partial charge in [-0.3, -0.25) is 9.59 Å². The van der Waals surface area contributed by atoms with E-state index in [0.29, 0.717) is 17.4 Å². The van der Waals surface area contributed by atoms with Crippen LogP contribution in [0, 0.1) is 0 Å². The topological polar surface area (TPSA) is 111 Å². The summed E-state index contributed by atoms with van der Waals surface area (Å²) < 4.78 is 22.8. The third kappa shape index (κ3) is 59.8. The van der Waals surface area contributed by atoms with E-state index in [1.165, 1.54) is 283 Å². The Hall–Kier alpha value is -1.71. The Morgan fingerprint density at radius 2 is 0.600 bits per heavy atom. The number of ether oxygens (including phenoxy) is 4. The van der Waals surface area contributed by atoms with Crippen LogP contribution < -0.4 is 5.11 Å². The van der Waals surface area contributed by atoms with Crippen LogP contribution in [0.2, 0.25) is 0 Å². The second-order valence-corrected chi connectivity index (χ2v) is 24.1. The molecule has 0 aromatic rings. The lowest BCUT2D eigenvalue weighted by Gasteiger charge is -2.26. The first kappa shape index (κ1) is 73.3. The van der Waals surface area contributed by atoms with Crippen LogP contribution in [0.3, 0.4) is 0 Å². The van der Waals surface area contributed by atoms with Crippen molar-refractivity contribution >= 4 is 17.9 Å². The average Bonchev–Trinajstić information content (AvgIpc) is 3.38. The molecule has 0 aromatic carbocycles. The van der Waals surface area contributed by atoms with Gasteiger partial charge >= 0.3 is 11.9 Å². The number of hydrogen-bond donors (Lipinski definition) is 0. The molecule has 0 N–H and O–H groups in total. The second kappa shape index (κ2) is 58.4. The number of unbranched alkanes of at least 4 members (excludes halogenated alkanes) is 48. The highest BCUT2D eigenvalue weighted by Gasteiger charge is 2.22. The van der Waals surface area contributed by atoms with Gasteiger partial charge in [0.25, 0.3) is 0 Å². The molecule has 2 unspecified atom stereocenters. The van der Waals surface area contributed by atoms with Crippen LogP contribution in [-0.4, -0.2) is 82.3 Å². The SMILES string of the molecule is CCCCCCCCCCCCCCCCCCCCCCCCCCCCCCCCCC(=O)OC(COC(=O)CCCCCCCCCCCCCCCCCCCCC)COC(OCC[N+](C)(C)C)C(=O)[O-]. The molecule has 0 amide bonds. The van der Waals surface area contributed by atoms with Gasteiger partial charge in [-0.1, -0.05) is 322 Å². The van der Waals surface area contributed by atoms with Crippen molar-refractivity contribution in [1.82, 2.24) is 0 Å². The first-order valence-electron chi connectivity index (χ1n) is 33.2. The van der Waals surface area contributed by atoms with E-state index >= 15 is 0 Å². The van der Waals surface area contributed by atoms with Crippen molar-refractivity contribution in [2.75, 3.05) is 47.5 Å². The quantitative estimate of drug-likeness (QED) is 0.0256. The van der Waals surface area contributed by atoms with E-state index in [-0.39, 0.29) is 32.2 Å². The normalized spacial score (nSPS) is 12.6. The van der Waals surface area contributed by atoms with Crippen LogP contribution in [-0.2, 0) is 33.3 Å². The maximum absolute atomic E-state index is 12.9. The minimum absolute atomic E-state index is 0.153. The highest BCUT2D eigenvalue weighted by atomic mass is 16.7. The lowest BCUT2D eigenvalue weighted by atomic mass is 10.0. The van der Waals surface area contributed by atoms with E-state index in [9.17, 15) is 19.5 Å². The maximum atomic E-state index is 12.9. The summed E-state index contributed by atoms with van der Waals surface area (Å²) in [6.45, 7) is 4.83. The Morgan fingerprint density at radius 3 is 0.853 bits per heavy atom. The van der Waals surface area contributed by atoms with Crippen LogP contribution in [0.25, 0.3) is 0 Å². The Morgan fingerprint density at radius 1 is 0.347 bits per heavy atom. The first-order valence-corrected chi connectivity index (χ1v) is 33.2. The number of aliphatic carboxylic acids is 1. The molecule has 75 heavy (non-hydrogen) atoms. The average molecular weight is 1060 g/mol. The molecule has 9 nitrogen and oxygen atoms in total. The predicted molar refractivity (Wildman–Crippen MR) is 316 cm³/mol. The minimum Gasteiger partial charge on any atom is -0.545 e. The van der Waals surface area contributed by atoms with Gasteiger partial charge in [0.05, 0.1) is 40.3 Å². The van der Waals surface area contributed by atoms with Gasteiger partial charge < -0.3 is 33.3 Å². The lowest BCUT2D eigenvalue weighted by molar-refractivity contribution is -0.870. The molecular weight excluding hydrogens is 935 g/mol. The van der Waals surface area contributed by atoms with Crippen molar-refractivity contribution in [3.8, 4) is 0 Å². The molecule has 0 aromatic heterocycles. The summed E-state index contributed by atoms with van der Waals surface area (Å²) in [5.41, 5.74) is 0. The van der Waals surface area contributed by atoms with Crippen molar-refractivity contribution in [2.45, 2.75) is 360 Å². The fraction of sp³-hybridized carbons (Fsp3) is 0.955. The first-order chi connectivity index (χ1) is 36.6. The molecule has 0 rings (SSSR count). The number of likely N-dealkylation sites (N-methyl/N-ethyl adjacent to an activating group) is 1. The summed E-state index contributed by atoms with van der Waals surface area (Å²) in [5.74, 6) is -2.25.